The normalized spacial score (nSPS) is 10.2. The average molecular weight is 271 g/mol. The molecule has 0 fully saturated rings. The van der Waals surface area contributed by atoms with Gasteiger partial charge in [0.25, 0.3) is 0 Å². The molecule has 15 heavy (non-hydrogen) atoms. The summed E-state index contributed by atoms with van der Waals surface area (Å²) in [7, 11) is 0. The van der Waals surface area contributed by atoms with E-state index in [2.05, 4.69) is 26.4 Å². The highest BCUT2D eigenvalue weighted by molar-refractivity contribution is 9.10. The van der Waals surface area contributed by atoms with Gasteiger partial charge in [-0.25, -0.2) is 4.79 Å². The summed E-state index contributed by atoms with van der Waals surface area (Å²) < 4.78 is 0.669. The van der Waals surface area contributed by atoms with Gasteiger partial charge in [0.1, 0.15) is 0 Å². The van der Waals surface area contributed by atoms with E-state index in [9.17, 15) is 9.70 Å². The maximum absolute atomic E-state index is 10.8. The molecule has 2 N–H and O–H groups in total. The first-order valence-electron chi connectivity index (χ1n) is 3.92. The molecule has 0 saturated carbocycles. The van der Waals surface area contributed by atoms with Gasteiger partial charge in [0.05, 0.1) is 17.5 Å². The van der Waals surface area contributed by atoms with Gasteiger partial charge in [-0.2, -0.15) is 0 Å². The van der Waals surface area contributed by atoms with Gasteiger partial charge in [-0.1, -0.05) is 15.9 Å². The van der Waals surface area contributed by atoms with Crippen LogP contribution in [0.5, 0.6) is 0 Å². The van der Waals surface area contributed by atoms with Gasteiger partial charge in [-0.3, -0.25) is 0 Å². The lowest BCUT2D eigenvalue weighted by Crippen LogP contribution is -2.01. The Morgan fingerprint density at radius 3 is 2.87 bits per heavy atom. The van der Waals surface area contributed by atoms with Crippen LogP contribution in [0, 0.1) is 4.91 Å². The van der Waals surface area contributed by atoms with Gasteiger partial charge in [0.2, 0.25) is 0 Å². The van der Waals surface area contributed by atoms with E-state index in [0.717, 1.165) is 6.20 Å². The highest BCUT2D eigenvalue weighted by Gasteiger charge is 2.09. The minimum atomic E-state index is -1.05. The number of benzene rings is 1. The van der Waals surface area contributed by atoms with Crippen LogP contribution in [0.4, 0.5) is 5.69 Å². The number of carbonyl (C=O) groups is 1. The number of rotatable bonds is 4. The highest BCUT2D eigenvalue weighted by Crippen LogP contribution is 2.21. The monoisotopic (exact) mass is 270 g/mol. The molecule has 78 valence electrons. The maximum atomic E-state index is 10.8. The molecule has 0 amide bonds. The SMILES string of the molecule is O=N/C=C/Nc1ccc(Br)cc1C(=O)O. The minimum Gasteiger partial charge on any atom is -0.478 e. The third kappa shape index (κ3) is 3.17. The molecule has 1 aromatic rings. The van der Waals surface area contributed by atoms with Crippen LogP contribution in [0.3, 0.4) is 0 Å². The molecule has 1 rings (SSSR count). The van der Waals surface area contributed by atoms with E-state index in [1.54, 1.807) is 12.1 Å². The zero-order valence-corrected chi connectivity index (χ0v) is 9.06. The zero-order valence-electron chi connectivity index (χ0n) is 7.48. The molecule has 0 unspecified atom stereocenters. The van der Waals surface area contributed by atoms with Crippen LogP contribution in [0.1, 0.15) is 10.4 Å². The zero-order chi connectivity index (χ0) is 11.3. The molecule has 0 aliphatic heterocycles. The number of nitrogens with one attached hydrogen (secondary N) is 1. The summed E-state index contributed by atoms with van der Waals surface area (Å²) in [5, 5.41) is 14.0. The predicted octanol–water partition coefficient (Wildman–Crippen LogP) is 2.80. The van der Waals surface area contributed by atoms with Gasteiger partial charge in [0.15, 0.2) is 0 Å². The van der Waals surface area contributed by atoms with Crippen LogP contribution < -0.4 is 5.32 Å². The van der Waals surface area contributed by atoms with Crippen molar-refractivity contribution in [3.63, 3.8) is 0 Å². The molecule has 0 atom stereocenters. The van der Waals surface area contributed by atoms with E-state index in [1.807, 2.05) is 0 Å². The van der Waals surface area contributed by atoms with Gasteiger partial charge in [-0.05, 0) is 23.4 Å². The molecule has 0 aliphatic carbocycles. The largest absolute Gasteiger partial charge is 0.478 e. The van der Waals surface area contributed by atoms with E-state index >= 15 is 0 Å². The fraction of sp³-hybridized carbons (Fsp3) is 0. The van der Waals surface area contributed by atoms with E-state index in [-0.39, 0.29) is 5.56 Å². The molecule has 0 aliphatic rings. The summed E-state index contributed by atoms with van der Waals surface area (Å²) in [5.74, 6) is -1.05. The molecule has 0 radical (unpaired) electrons. The number of hydrogen-bond acceptors (Lipinski definition) is 4. The lowest BCUT2D eigenvalue weighted by atomic mass is 10.2. The summed E-state index contributed by atoms with van der Waals surface area (Å²) in [6.45, 7) is 0. The lowest BCUT2D eigenvalue weighted by Gasteiger charge is -2.05. The van der Waals surface area contributed by atoms with Crippen molar-refractivity contribution in [1.29, 1.82) is 0 Å². The molecule has 0 heterocycles. The average Bonchev–Trinajstić information content (AvgIpc) is 2.20. The molecule has 6 heteroatoms. The summed E-state index contributed by atoms with van der Waals surface area (Å²) in [6.07, 6.45) is 2.26. The number of nitrogens with zero attached hydrogens (tertiary/aromatic N) is 1. The highest BCUT2D eigenvalue weighted by atomic mass is 79.9. The Kier molecular flexibility index (Phi) is 3.99. The summed E-state index contributed by atoms with van der Waals surface area (Å²) >= 11 is 3.17. The molecule has 0 bridgehead atoms. The Morgan fingerprint density at radius 1 is 1.53 bits per heavy atom. The second-order valence-electron chi connectivity index (χ2n) is 2.56. The van der Waals surface area contributed by atoms with Crippen LogP contribution in [0.15, 0.2) is 40.2 Å². The molecular weight excluding hydrogens is 264 g/mol. The van der Waals surface area contributed by atoms with Crippen LogP contribution in [-0.2, 0) is 0 Å². The van der Waals surface area contributed by atoms with Crippen molar-refractivity contribution in [1.82, 2.24) is 0 Å². The van der Waals surface area contributed by atoms with Gasteiger partial charge >= 0.3 is 5.97 Å². The molecular formula is C9H7BrN2O3. The summed E-state index contributed by atoms with van der Waals surface area (Å²) in [4.78, 5) is 20.6. The quantitative estimate of drug-likeness (QED) is 0.825. The maximum Gasteiger partial charge on any atom is 0.337 e. The third-order valence-electron chi connectivity index (χ3n) is 1.59. The second kappa shape index (κ2) is 5.26. The number of anilines is 1. The standard InChI is InChI=1S/C9H7BrN2O3/c10-6-1-2-8(11-3-4-12-15)7(5-6)9(13)14/h1-5,11H,(H,13,14)/b4-3+. The molecule has 0 aromatic heterocycles. The van der Waals surface area contributed by atoms with Crippen LogP contribution in [0.2, 0.25) is 0 Å². The first kappa shape index (κ1) is 11.4. The van der Waals surface area contributed by atoms with Crippen molar-refractivity contribution in [2.45, 2.75) is 0 Å². The van der Waals surface area contributed by atoms with Crippen molar-refractivity contribution in [2.24, 2.45) is 5.18 Å². The summed E-state index contributed by atoms with van der Waals surface area (Å²) in [5.41, 5.74) is 0.505. The van der Waals surface area contributed by atoms with Crippen molar-refractivity contribution in [3.05, 3.63) is 45.5 Å². The van der Waals surface area contributed by atoms with E-state index in [0.29, 0.717) is 10.2 Å². The van der Waals surface area contributed by atoms with Crippen molar-refractivity contribution in [2.75, 3.05) is 5.32 Å². The fourth-order valence-corrected chi connectivity index (χ4v) is 1.34. The van der Waals surface area contributed by atoms with Crippen LogP contribution >= 0.6 is 15.9 Å². The predicted molar refractivity (Wildman–Crippen MR) is 59.7 cm³/mol. The van der Waals surface area contributed by atoms with Gasteiger partial charge < -0.3 is 10.4 Å². The number of carboxylic acid groups (broad SMARTS) is 1. The Bertz CT molecular complexity index is 418. The Labute approximate surface area is 93.9 Å². The number of carboxylic acids is 1. The molecule has 0 saturated heterocycles. The van der Waals surface area contributed by atoms with Crippen molar-refractivity contribution < 1.29 is 9.90 Å². The molecule has 0 spiro atoms. The Balaban J connectivity index is 3.00. The smallest absolute Gasteiger partial charge is 0.337 e. The number of aromatic carboxylic acids is 1. The number of halogens is 1. The fourth-order valence-electron chi connectivity index (χ4n) is 0.977. The van der Waals surface area contributed by atoms with E-state index in [1.165, 1.54) is 12.3 Å². The summed E-state index contributed by atoms with van der Waals surface area (Å²) in [6, 6.07) is 4.74. The van der Waals surface area contributed by atoms with Gasteiger partial charge in [0, 0.05) is 10.7 Å². The topological polar surface area (TPSA) is 78.8 Å². The van der Waals surface area contributed by atoms with E-state index < -0.39 is 5.97 Å². The van der Waals surface area contributed by atoms with Crippen molar-refractivity contribution in [3.8, 4) is 0 Å². The van der Waals surface area contributed by atoms with Crippen LogP contribution in [-0.4, -0.2) is 11.1 Å². The lowest BCUT2D eigenvalue weighted by molar-refractivity contribution is 0.0698. The number of nitroso groups, excluding NO2 is 1. The van der Waals surface area contributed by atoms with Crippen LogP contribution in [0.25, 0.3) is 0 Å². The third-order valence-corrected chi connectivity index (χ3v) is 2.08. The Morgan fingerprint density at radius 2 is 2.27 bits per heavy atom. The van der Waals surface area contributed by atoms with Crippen molar-refractivity contribution >= 4 is 27.6 Å². The second-order valence-corrected chi connectivity index (χ2v) is 3.48. The van der Waals surface area contributed by atoms with E-state index in [4.69, 9.17) is 5.11 Å². The Hall–Kier alpha value is -1.69. The minimum absolute atomic E-state index is 0.111. The molecule has 1 aromatic carbocycles. The first-order valence-corrected chi connectivity index (χ1v) is 4.71. The molecule has 5 nitrogen and oxygen atoms in total. The first-order chi connectivity index (χ1) is 7.15. The van der Waals surface area contributed by atoms with Gasteiger partial charge in [-0.15, -0.1) is 4.91 Å². The number of hydrogen-bond donors (Lipinski definition) is 2.